The number of benzene rings is 6. The summed E-state index contributed by atoms with van der Waals surface area (Å²) in [5.41, 5.74) is 10.2. The summed E-state index contributed by atoms with van der Waals surface area (Å²) in [5, 5.41) is 3.62. The van der Waals surface area contributed by atoms with Crippen LogP contribution in [0.25, 0.3) is 98.7 Å². The molecule has 248 valence electrons. The summed E-state index contributed by atoms with van der Waals surface area (Å²) in [4.78, 5) is 24.5. The highest BCUT2D eigenvalue weighted by Gasteiger charge is 2.17. The fourth-order valence-corrected chi connectivity index (χ4v) is 8.21. The Morgan fingerprint density at radius 2 is 0.906 bits per heavy atom. The minimum Gasteiger partial charge on any atom is -0.262 e. The smallest absolute Gasteiger partial charge is 0.164 e. The average Bonchev–Trinajstić information content (AvgIpc) is 3.64. The molecule has 4 aromatic heterocycles. The normalized spacial score (nSPS) is 11.4. The maximum Gasteiger partial charge on any atom is 0.164 e. The number of nitrogens with zero attached hydrogens (tertiary/aromatic N) is 5. The Labute approximate surface area is 310 Å². The summed E-state index contributed by atoms with van der Waals surface area (Å²) >= 11 is 1.79. The van der Waals surface area contributed by atoms with E-state index in [-0.39, 0.29) is 0 Å². The monoisotopic (exact) mass is 695 g/mol. The molecular weight excluding hydrogens is 667 g/mol. The van der Waals surface area contributed by atoms with E-state index in [0.717, 1.165) is 55.5 Å². The topological polar surface area (TPSA) is 64.5 Å². The van der Waals surface area contributed by atoms with E-state index in [1.165, 1.54) is 25.7 Å². The molecule has 0 atom stereocenters. The molecule has 10 aromatic rings. The summed E-state index contributed by atoms with van der Waals surface area (Å²) in [6, 6.07) is 56.6. The maximum absolute atomic E-state index is 5.14. The van der Waals surface area contributed by atoms with Gasteiger partial charge in [-0.05, 0) is 40.5 Å². The van der Waals surface area contributed by atoms with Crippen molar-refractivity contribution >= 4 is 42.4 Å². The Hall–Kier alpha value is -6.89. The zero-order chi connectivity index (χ0) is 35.1. The summed E-state index contributed by atoms with van der Waals surface area (Å²) < 4.78 is 2.44. The molecule has 0 spiro atoms. The molecule has 4 heterocycles. The molecule has 0 unspecified atom stereocenters. The van der Waals surface area contributed by atoms with Gasteiger partial charge in [-0.1, -0.05) is 146 Å². The molecule has 0 aliphatic heterocycles. The van der Waals surface area contributed by atoms with Gasteiger partial charge in [0.25, 0.3) is 0 Å². The van der Waals surface area contributed by atoms with Crippen LogP contribution in [-0.4, -0.2) is 24.9 Å². The second-order valence-electron chi connectivity index (χ2n) is 12.9. The fraction of sp³-hybridized carbons (Fsp3) is 0. The standard InChI is InChI=1S/C47H29N5S/c1-3-10-30(11-4-1)31-20-24-35(25-21-31)46-50-45(34-12-5-2-6-13-34)51-47(52-46)37-15-9-14-36(28-37)32-18-22-33(23-19-32)43-44-42(38-26-27-48-29-40(38)49-43)39-16-7-8-17-41(39)53-44/h1-29H. The molecule has 0 N–H and O–H groups in total. The lowest BCUT2D eigenvalue weighted by Crippen LogP contribution is -2.00. The molecule has 10 rings (SSSR count). The number of hydrogen-bond donors (Lipinski definition) is 0. The van der Waals surface area contributed by atoms with Gasteiger partial charge in [-0.2, -0.15) is 0 Å². The Kier molecular flexibility index (Phi) is 7.59. The molecule has 6 aromatic carbocycles. The lowest BCUT2D eigenvalue weighted by atomic mass is 9.99. The molecule has 5 nitrogen and oxygen atoms in total. The molecule has 0 bridgehead atoms. The maximum atomic E-state index is 5.14. The highest BCUT2D eigenvalue weighted by molar-refractivity contribution is 7.26. The van der Waals surface area contributed by atoms with Crippen LogP contribution < -0.4 is 0 Å². The molecule has 0 saturated heterocycles. The predicted molar refractivity (Wildman–Crippen MR) is 218 cm³/mol. The van der Waals surface area contributed by atoms with Crippen molar-refractivity contribution in [2.75, 3.05) is 0 Å². The minimum atomic E-state index is 0.626. The lowest BCUT2D eigenvalue weighted by molar-refractivity contribution is 1.07. The Bertz CT molecular complexity index is 2920. The van der Waals surface area contributed by atoms with Crippen molar-refractivity contribution in [3.05, 3.63) is 176 Å². The predicted octanol–water partition coefficient (Wildman–Crippen LogP) is 12.2. The van der Waals surface area contributed by atoms with Crippen molar-refractivity contribution in [2.45, 2.75) is 0 Å². The largest absolute Gasteiger partial charge is 0.262 e. The van der Waals surface area contributed by atoms with Crippen molar-refractivity contribution in [3.63, 3.8) is 0 Å². The van der Waals surface area contributed by atoms with E-state index in [9.17, 15) is 0 Å². The zero-order valence-corrected chi connectivity index (χ0v) is 29.2. The van der Waals surface area contributed by atoms with E-state index < -0.39 is 0 Å². The molecule has 53 heavy (non-hydrogen) atoms. The van der Waals surface area contributed by atoms with Crippen LogP contribution in [0.15, 0.2) is 176 Å². The van der Waals surface area contributed by atoms with Gasteiger partial charge < -0.3 is 0 Å². The Balaban J connectivity index is 1.03. The molecule has 6 heteroatoms. The molecule has 0 fully saturated rings. The van der Waals surface area contributed by atoms with Gasteiger partial charge in [-0.3, -0.25) is 4.98 Å². The average molecular weight is 696 g/mol. The quantitative estimate of drug-likeness (QED) is 0.173. The molecule has 0 aliphatic carbocycles. The van der Waals surface area contributed by atoms with Crippen molar-refractivity contribution in [3.8, 4) is 67.7 Å². The first-order chi connectivity index (χ1) is 26.2. The number of aromatic nitrogens is 5. The second-order valence-corrected chi connectivity index (χ2v) is 14.0. The van der Waals surface area contributed by atoms with Crippen LogP contribution in [-0.2, 0) is 0 Å². The summed E-state index contributed by atoms with van der Waals surface area (Å²) in [6.45, 7) is 0. The van der Waals surface area contributed by atoms with Crippen LogP contribution in [0, 0.1) is 0 Å². The molecule has 0 radical (unpaired) electrons. The van der Waals surface area contributed by atoms with E-state index in [1.54, 1.807) is 11.3 Å². The van der Waals surface area contributed by atoms with E-state index in [1.807, 2.05) is 48.8 Å². The minimum absolute atomic E-state index is 0.626. The van der Waals surface area contributed by atoms with Gasteiger partial charge in [0.2, 0.25) is 0 Å². The first-order valence-corrected chi connectivity index (χ1v) is 18.3. The highest BCUT2D eigenvalue weighted by atomic mass is 32.1. The molecule has 0 saturated carbocycles. The fourth-order valence-electron chi connectivity index (χ4n) is 6.98. The Morgan fingerprint density at radius 1 is 0.377 bits per heavy atom. The van der Waals surface area contributed by atoms with Crippen molar-refractivity contribution < 1.29 is 0 Å². The first-order valence-electron chi connectivity index (χ1n) is 17.5. The van der Waals surface area contributed by atoms with Crippen LogP contribution in [0.2, 0.25) is 0 Å². The van der Waals surface area contributed by atoms with Gasteiger partial charge in [0.15, 0.2) is 17.5 Å². The number of thiophene rings is 1. The number of fused-ring (bicyclic) bond motifs is 5. The third-order valence-corrected chi connectivity index (χ3v) is 10.8. The van der Waals surface area contributed by atoms with Crippen molar-refractivity contribution in [1.29, 1.82) is 0 Å². The van der Waals surface area contributed by atoms with E-state index in [0.29, 0.717) is 17.5 Å². The third-order valence-electron chi connectivity index (χ3n) is 9.64. The zero-order valence-electron chi connectivity index (χ0n) is 28.4. The molecule has 0 aliphatic rings. The van der Waals surface area contributed by atoms with Crippen LogP contribution in [0.4, 0.5) is 0 Å². The SMILES string of the molecule is c1ccc(-c2ccc(-c3nc(-c4ccccc4)nc(-c4cccc(-c5ccc(-c6nc7cnccc7c7c6sc6ccccc67)cc5)c4)n3)cc2)cc1. The van der Waals surface area contributed by atoms with Gasteiger partial charge in [0, 0.05) is 49.3 Å². The van der Waals surface area contributed by atoms with Crippen molar-refractivity contribution in [2.24, 2.45) is 0 Å². The van der Waals surface area contributed by atoms with Gasteiger partial charge in [0.05, 0.1) is 22.1 Å². The summed E-state index contributed by atoms with van der Waals surface area (Å²) in [7, 11) is 0. The van der Waals surface area contributed by atoms with Gasteiger partial charge in [-0.15, -0.1) is 11.3 Å². The van der Waals surface area contributed by atoms with Crippen LogP contribution >= 0.6 is 11.3 Å². The van der Waals surface area contributed by atoms with E-state index >= 15 is 0 Å². The van der Waals surface area contributed by atoms with E-state index in [2.05, 4.69) is 132 Å². The van der Waals surface area contributed by atoms with Crippen LogP contribution in [0.5, 0.6) is 0 Å². The Morgan fingerprint density at radius 3 is 1.64 bits per heavy atom. The van der Waals surface area contributed by atoms with E-state index in [4.69, 9.17) is 19.9 Å². The van der Waals surface area contributed by atoms with Gasteiger partial charge >= 0.3 is 0 Å². The van der Waals surface area contributed by atoms with Gasteiger partial charge in [-0.25, -0.2) is 19.9 Å². The number of hydrogen-bond acceptors (Lipinski definition) is 6. The van der Waals surface area contributed by atoms with Crippen molar-refractivity contribution in [1.82, 2.24) is 24.9 Å². The second kappa shape index (κ2) is 13.0. The van der Waals surface area contributed by atoms with Crippen LogP contribution in [0.1, 0.15) is 0 Å². The third kappa shape index (κ3) is 5.72. The first kappa shape index (κ1) is 30.9. The molecular formula is C47H29N5S. The van der Waals surface area contributed by atoms with Crippen LogP contribution in [0.3, 0.4) is 0 Å². The summed E-state index contributed by atoms with van der Waals surface area (Å²) in [5.74, 6) is 1.90. The number of pyridine rings is 2. The summed E-state index contributed by atoms with van der Waals surface area (Å²) in [6.07, 6.45) is 3.71. The lowest BCUT2D eigenvalue weighted by Gasteiger charge is -2.11. The number of rotatable bonds is 6. The highest BCUT2D eigenvalue weighted by Crippen LogP contribution is 2.42. The molecule has 0 amide bonds. The van der Waals surface area contributed by atoms with Gasteiger partial charge in [0.1, 0.15) is 0 Å².